The predicted molar refractivity (Wildman–Crippen MR) is 60.3 cm³/mol. The van der Waals surface area contributed by atoms with Gasteiger partial charge in [-0.15, -0.1) is 0 Å². The molecule has 1 rings (SSSR count). The first-order chi connectivity index (χ1) is 7.69. The van der Waals surface area contributed by atoms with Gasteiger partial charge in [0.2, 0.25) is 5.76 Å². The van der Waals surface area contributed by atoms with Gasteiger partial charge in [-0.2, -0.15) is 0 Å². The number of hydrogen-bond acceptors (Lipinski definition) is 4. The van der Waals surface area contributed by atoms with Crippen molar-refractivity contribution in [2.24, 2.45) is 0 Å². The fourth-order valence-electron chi connectivity index (χ4n) is 1.07. The van der Waals surface area contributed by atoms with Crippen molar-refractivity contribution in [3.05, 3.63) is 40.5 Å². The van der Waals surface area contributed by atoms with Gasteiger partial charge in [0.1, 0.15) is 0 Å². The largest absolute Gasteiger partial charge is 0.460 e. The second-order valence-electron chi connectivity index (χ2n) is 3.24. The second-order valence-corrected chi connectivity index (χ2v) is 3.24. The molecular weight excluding hydrogens is 208 g/mol. The van der Waals surface area contributed by atoms with E-state index in [2.05, 4.69) is 6.58 Å². The number of carbonyl (C=O) groups excluding carboxylic acids is 1. The molecule has 0 fully saturated rings. The van der Waals surface area contributed by atoms with Gasteiger partial charge in [0.25, 0.3) is 0 Å². The van der Waals surface area contributed by atoms with E-state index in [1.165, 1.54) is 18.2 Å². The van der Waals surface area contributed by atoms with Crippen molar-refractivity contribution in [2.75, 3.05) is 6.61 Å². The summed E-state index contributed by atoms with van der Waals surface area (Å²) in [6.07, 6.45) is 3.10. The fourth-order valence-corrected chi connectivity index (χ4v) is 1.07. The average Bonchev–Trinajstić information content (AvgIpc) is 2.29. The van der Waals surface area contributed by atoms with Crippen LogP contribution in [0.5, 0.6) is 0 Å². The molecule has 0 radical (unpaired) electrons. The van der Waals surface area contributed by atoms with E-state index >= 15 is 0 Å². The molecule has 0 atom stereocenters. The Balaban J connectivity index is 2.73. The Morgan fingerprint density at radius 1 is 1.56 bits per heavy atom. The molecule has 0 amide bonds. The molecule has 0 aliphatic rings. The Kier molecular flexibility index (Phi) is 4.51. The van der Waals surface area contributed by atoms with Crippen LogP contribution in [-0.2, 0) is 4.74 Å². The van der Waals surface area contributed by atoms with Crippen molar-refractivity contribution in [1.82, 2.24) is 0 Å². The minimum atomic E-state index is -0.610. The van der Waals surface area contributed by atoms with Crippen molar-refractivity contribution < 1.29 is 13.9 Å². The Morgan fingerprint density at radius 3 is 2.88 bits per heavy atom. The van der Waals surface area contributed by atoms with Crippen LogP contribution in [-0.4, -0.2) is 12.6 Å². The van der Waals surface area contributed by atoms with Crippen LogP contribution in [0.25, 0.3) is 6.08 Å². The average molecular weight is 222 g/mol. The standard InChI is InChI=1S/C12H14O4/c1-3-5-8-15-12(14)10-7-6-9(4-2)11(13)16-10/h4,6-7H,2-3,5,8H2,1H3. The molecule has 1 aromatic heterocycles. The SMILES string of the molecule is C=Cc1ccc(C(=O)OCCCC)oc1=O. The summed E-state index contributed by atoms with van der Waals surface area (Å²) < 4.78 is 9.69. The minimum Gasteiger partial charge on any atom is -0.460 e. The summed E-state index contributed by atoms with van der Waals surface area (Å²) >= 11 is 0. The summed E-state index contributed by atoms with van der Waals surface area (Å²) in [5.74, 6) is -0.687. The monoisotopic (exact) mass is 222 g/mol. The molecule has 0 aromatic carbocycles. The summed E-state index contributed by atoms with van der Waals surface area (Å²) in [7, 11) is 0. The van der Waals surface area contributed by atoms with Crippen molar-refractivity contribution >= 4 is 12.0 Å². The normalized spacial score (nSPS) is 9.81. The van der Waals surface area contributed by atoms with Crippen LogP contribution in [0.3, 0.4) is 0 Å². The Hall–Kier alpha value is -1.84. The highest BCUT2D eigenvalue weighted by Gasteiger charge is 2.11. The van der Waals surface area contributed by atoms with E-state index in [0.717, 1.165) is 12.8 Å². The van der Waals surface area contributed by atoms with Gasteiger partial charge in [0, 0.05) is 0 Å². The van der Waals surface area contributed by atoms with E-state index in [9.17, 15) is 9.59 Å². The molecule has 0 aliphatic carbocycles. The number of rotatable bonds is 5. The molecule has 1 heterocycles. The van der Waals surface area contributed by atoms with E-state index in [4.69, 9.17) is 9.15 Å². The lowest BCUT2D eigenvalue weighted by atomic mass is 10.3. The Morgan fingerprint density at radius 2 is 2.31 bits per heavy atom. The zero-order valence-electron chi connectivity index (χ0n) is 9.19. The van der Waals surface area contributed by atoms with Crippen LogP contribution in [0.2, 0.25) is 0 Å². The maximum atomic E-state index is 11.4. The number of carbonyl (C=O) groups is 1. The summed E-state index contributed by atoms with van der Waals surface area (Å²) in [6, 6.07) is 2.89. The molecule has 0 spiro atoms. The minimum absolute atomic E-state index is 0.0771. The van der Waals surface area contributed by atoms with Gasteiger partial charge >= 0.3 is 11.6 Å². The molecule has 0 N–H and O–H groups in total. The van der Waals surface area contributed by atoms with E-state index in [1.54, 1.807) is 0 Å². The molecular formula is C12H14O4. The first-order valence-electron chi connectivity index (χ1n) is 5.12. The highest BCUT2D eigenvalue weighted by atomic mass is 16.5. The van der Waals surface area contributed by atoms with Gasteiger partial charge in [-0.25, -0.2) is 9.59 Å². The zero-order chi connectivity index (χ0) is 12.0. The van der Waals surface area contributed by atoms with Crippen LogP contribution in [0.1, 0.15) is 35.9 Å². The van der Waals surface area contributed by atoms with E-state index in [0.29, 0.717) is 12.2 Å². The van der Waals surface area contributed by atoms with Gasteiger partial charge in [-0.1, -0.05) is 26.0 Å². The fraction of sp³-hybridized carbons (Fsp3) is 0.333. The van der Waals surface area contributed by atoms with Gasteiger partial charge in [-0.3, -0.25) is 0 Å². The first-order valence-corrected chi connectivity index (χ1v) is 5.12. The number of ether oxygens (including phenoxy) is 1. The van der Waals surface area contributed by atoms with Gasteiger partial charge in [0.15, 0.2) is 0 Å². The smallest absolute Gasteiger partial charge is 0.374 e. The number of unbranched alkanes of at least 4 members (excludes halogenated alkanes) is 1. The molecule has 0 bridgehead atoms. The maximum absolute atomic E-state index is 11.4. The topological polar surface area (TPSA) is 56.5 Å². The lowest BCUT2D eigenvalue weighted by Gasteiger charge is -2.02. The molecule has 1 aromatic rings. The van der Waals surface area contributed by atoms with Crippen molar-refractivity contribution in [3.8, 4) is 0 Å². The lowest BCUT2D eigenvalue weighted by molar-refractivity contribution is 0.0458. The van der Waals surface area contributed by atoms with Gasteiger partial charge in [-0.05, 0) is 18.6 Å². The summed E-state index contributed by atoms with van der Waals surface area (Å²) in [5, 5.41) is 0. The highest BCUT2D eigenvalue weighted by Crippen LogP contribution is 2.03. The molecule has 86 valence electrons. The van der Waals surface area contributed by atoms with E-state index in [-0.39, 0.29) is 5.76 Å². The van der Waals surface area contributed by atoms with Crippen LogP contribution < -0.4 is 5.63 Å². The molecule has 0 saturated carbocycles. The highest BCUT2D eigenvalue weighted by molar-refractivity contribution is 5.86. The second kappa shape index (κ2) is 5.90. The van der Waals surface area contributed by atoms with Crippen LogP contribution in [0.4, 0.5) is 0 Å². The summed E-state index contributed by atoms with van der Waals surface area (Å²) in [4.78, 5) is 22.7. The van der Waals surface area contributed by atoms with Crippen molar-refractivity contribution in [2.45, 2.75) is 19.8 Å². The van der Waals surface area contributed by atoms with Crippen molar-refractivity contribution in [3.63, 3.8) is 0 Å². The number of esters is 1. The maximum Gasteiger partial charge on any atom is 0.374 e. The lowest BCUT2D eigenvalue weighted by Crippen LogP contribution is -2.11. The molecule has 4 heteroatoms. The third-order valence-corrected chi connectivity index (χ3v) is 2.00. The first kappa shape index (κ1) is 12.2. The van der Waals surface area contributed by atoms with Gasteiger partial charge in [0.05, 0.1) is 12.2 Å². The molecule has 0 saturated heterocycles. The zero-order valence-corrected chi connectivity index (χ0v) is 9.19. The van der Waals surface area contributed by atoms with E-state index in [1.807, 2.05) is 6.92 Å². The predicted octanol–water partition coefficient (Wildman–Crippen LogP) is 2.24. The van der Waals surface area contributed by atoms with Gasteiger partial charge < -0.3 is 9.15 Å². The van der Waals surface area contributed by atoms with Crippen molar-refractivity contribution in [1.29, 1.82) is 0 Å². The molecule has 0 aliphatic heterocycles. The quantitative estimate of drug-likeness (QED) is 0.566. The summed E-state index contributed by atoms with van der Waals surface area (Å²) in [6.45, 7) is 5.78. The summed E-state index contributed by atoms with van der Waals surface area (Å²) in [5.41, 5.74) is -0.259. The number of hydrogen-bond donors (Lipinski definition) is 0. The molecule has 0 unspecified atom stereocenters. The third-order valence-electron chi connectivity index (χ3n) is 2.00. The van der Waals surface area contributed by atoms with E-state index < -0.39 is 11.6 Å². The molecule has 16 heavy (non-hydrogen) atoms. The molecule has 4 nitrogen and oxygen atoms in total. The Labute approximate surface area is 93.5 Å². The Bertz CT molecular complexity index is 431. The van der Waals surface area contributed by atoms with Crippen LogP contribution in [0.15, 0.2) is 27.9 Å². The van der Waals surface area contributed by atoms with Crippen LogP contribution in [0, 0.1) is 0 Å². The van der Waals surface area contributed by atoms with Crippen LogP contribution >= 0.6 is 0 Å². The third kappa shape index (κ3) is 3.08.